The topological polar surface area (TPSA) is 137 Å². The van der Waals surface area contributed by atoms with Crippen LogP contribution < -0.4 is 20.4 Å². The minimum atomic E-state index is -3.33. The van der Waals surface area contributed by atoms with E-state index in [2.05, 4.69) is 42.3 Å². The van der Waals surface area contributed by atoms with Gasteiger partial charge in [-0.3, -0.25) is 9.58 Å². The van der Waals surface area contributed by atoms with Crippen LogP contribution in [0.4, 0.5) is 31.2 Å². The third kappa shape index (κ3) is 8.98. The van der Waals surface area contributed by atoms with Crippen molar-refractivity contribution in [3.05, 3.63) is 78.4 Å². The van der Waals surface area contributed by atoms with E-state index in [4.69, 9.17) is 0 Å². The minimum absolute atomic E-state index is 0.0675. The summed E-state index contributed by atoms with van der Waals surface area (Å²) in [5, 5.41) is 20.1. The average molecular weight is 645 g/mol. The number of alkyl halides is 2. The molecule has 4 heterocycles. The lowest BCUT2D eigenvalue weighted by Gasteiger charge is -2.33. The van der Waals surface area contributed by atoms with Gasteiger partial charge < -0.3 is 20.3 Å². The Labute approximate surface area is 272 Å². The van der Waals surface area contributed by atoms with Gasteiger partial charge in [-0.1, -0.05) is 43.7 Å². The van der Waals surface area contributed by atoms with E-state index in [0.717, 1.165) is 29.5 Å². The van der Waals surface area contributed by atoms with Crippen LogP contribution in [0.5, 0.6) is 0 Å². The zero-order valence-electron chi connectivity index (χ0n) is 26.4. The summed E-state index contributed by atoms with van der Waals surface area (Å²) in [6, 6.07) is 15.1. The van der Waals surface area contributed by atoms with Crippen LogP contribution in [0.25, 0.3) is 11.1 Å². The van der Waals surface area contributed by atoms with Crippen LogP contribution in [0.3, 0.4) is 0 Å². The normalized spacial score (nSPS) is 14.7. The second kappa shape index (κ2) is 15.4. The highest BCUT2D eigenvalue weighted by Gasteiger charge is 2.38. The Kier molecular flexibility index (Phi) is 10.9. The Hall–Kier alpha value is -5.16. The molecule has 1 aliphatic heterocycles. The van der Waals surface area contributed by atoms with Gasteiger partial charge in [0.25, 0.3) is 0 Å². The van der Waals surface area contributed by atoms with Crippen molar-refractivity contribution in [3.63, 3.8) is 0 Å². The zero-order chi connectivity index (χ0) is 33.2. The van der Waals surface area contributed by atoms with Gasteiger partial charge in [-0.05, 0) is 37.0 Å². The predicted octanol–water partition coefficient (Wildman–Crippen LogP) is 5.35. The molecule has 4 aromatic rings. The van der Waals surface area contributed by atoms with Gasteiger partial charge in [0.05, 0.1) is 19.0 Å². The highest BCUT2D eigenvalue weighted by molar-refractivity contribution is 5.91. The lowest BCUT2D eigenvalue weighted by atomic mass is 10.1. The second-order valence-corrected chi connectivity index (χ2v) is 11.3. The maximum atomic E-state index is 14.0. The Bertz CT molecular complexity index is 1660. The molecule has 1 aromatic carbocycles. The number of aromatic nitrogens is 5. The van der Waals surface area contributed by atoms with Crippen LogP contribution in [-0.4, -0.2) is 69.2 Å². The quantitative estimate of drug-likeness (QED) is 0.197. The molecule has 1 unspecified atom stereocenters. The Balaban J connectivity index is 1.28. The van der Waals surface area contributed by atoms with Crippen LogP contribution in [0.2, 0.25) is 0 Å². The Morgan fingerprint density at radius 1 is 1.13 bits per heavy atom. The number of ether oxygens (including phenoxy) is 1. The molecular formula is C33H38F2N10O2. The van der Waals surface area contributed by atoms with Crippen LogP contribution in [0.1, 0.15) is 43.7 Å². The first-order valence-corrected chi connectivity index (χ1v) is 15.6. The fraction of sp³-hybridized carbons (Fsp3) is 0.394. The number of nitrogens with one attached hydrogen (secondary N) is 2. The van der Waals surface area contributed by atoms with Gasteiger partial charge in [0.15, 0.2) is 5.82 Å². The van der Waals surface area contributed by atoms with Crippen molar-refractivity contribution in [2.45, 2.75) is 51.3 Å². The molecule has 1 fully saturated rings. The molecule has 3 aromatic heterocycles. The second-order valence-electron chi connectivity index (χ2n) is 11.3. The van der Waals surface area contributed by atoms with Gasteiger partial charge in [-0.15, -0.1) is 0 Å². The van der Waals surface area contributed by atoms with E-state index in [1.807, 2.05) is 61.8 Å². The molecule has 0 aliphatic carbocycles. The third-order valence-corrected chi connectivity index (χ3v) is 7.74. The summed E-state index contributed by atoms with van der Waals surface area (Å²) in [5.74, 6) is 0.910. The summed E-state index contributed by atoms with van der Waals surface area (Å²) in [6.45, 7) is 2.13. The third-order valence-electron chi connectivity index (χ3n) is 7.74. The van der Waals surface area contributed by atoms with Crippen LogP contribution >= 0.6 is 0 Å². The smallest absolute Gasteiger partial charge is 0.351 e. The maximum absolute atomic E-state index is 14.0. The number of pyridine rings is 1. The number of benzene rings is 1. The molecule has 0 spiro atoms. The number of halogens is 2. The Morgan fingerprint density at radius 2 is 1.96 bits per heavy atom. The van der Waals surface area contributed by atoms with E-state index >= 15 is 0 Å². The number of carbonyl (C=O) groups is 1. The number of nitrogens with zero attached hydrogens (tertiary/aromatic N) is 8. The molecule has 2 N–H and O–H groups in total. The predicted molar refractivity (Wildman–Crippen MR) is 174 cm³/mol. The summed E-state index contributed by atoms with van der Waals surface area (Å²) < 4.78 is 34.2. The van der Waals surface area contributed by atoms with Crippen molar-refractivity contribution in [1.82, 2.24) is 30.0 Å². The van der Waals surface area contributed by atoms with Gasteiger partial charge in [-0.25, -0.2) is 14.8 Å². The van der Waals surface area contributed by atoms with E-state index in [0.29, 0.717) is 31.7 Å². The van der Waals surface area contributed by atoms with Crippen molar-refractivity contribution in [2.24, 2.45) is 7.05 Å². The van der Waals surface area contributed by atoms with Gasteiger partial charge in [0, 0.05) is 56.2 Å². The number of hydrogen-bond acceptors (Lipinski definition) is 9. The summed E-state index contributed by atoms with van der Waals surface area (Å²) in [7, 11) is 1.85. The molecule has 0 radical (unpaired) electrons. The number of rotatable bonds is 13. The van der Waals surface area contributed by atoms with Crippen molar-refractivity contribution in [1.29, 1.82) is 5.26 Å². The number of aryl methyl sites for hydroxylation is 1. The number of hydrogen-bond donors (Lipinski definition) is 2. The summed E-state index contributed by atoms with van der Waals surface area (Å²) in [5.41, 5.74) is 2.91. The van der Waals surface area contributed by atoms with Crippen molar-refractivity contribution >= 4 is 23.6 Å². The molecule has 1 aliphatic rings. The molecule has 246 valence electrons. The molecule has 0 saturated carbocycles. The summed E-state index contributed by atoms with van der Waals surface area (Å²) in [6.07, 6.45) is 6.36. The van der Waals surface area contributed by atoms with Crippen molar-refractivity contribution in [3.8, 4) is 17.2 Å². The highest BCUT2D eigenvalue weighted by atomic mass is 19.3. The number of amides is 2. The molecule has 5 rings (SSSR count). The molecule has 0 bridgehead atoms. The standard InChI is InChI=1S/C33H38F2N10O2/c1-3-8-28(41-31-38-20-26(17-36)30(42-31)44-15-16-47-33(34,35)23-44)11-7-14-45(32(46)39-18-24-9-5-4-6-10-24)29-13-12-25(19-37-29)27-21-40-43(2)22-27/h4-6,9-10,12-13,19-22,28H,3,7-8,11,14-16,18,23H2,1-2H3,(H,39,46)(H,38,41,42). The van der Waals surface area contributed by atoms with Crippen LogP contribution in [-0.2, 0) is 18.3 Å². The molecule has 2 amide bonds. The van der Waals surface area contributed by atoms with Gasteiger partial charge in [0.2, 0.25) is 5.95 Å². The molecule has 1 saturated heterocycles. The van der Waals surface area contributed by atoms with Gasteiger partial charge in [0.1, 0.15) is 24.0 Å². The van der Waals surface area contributed by atoms with E-state index in [1.54, 1.807) is 22.0 Å². The Morgan fingerprint density at radius 3 is 2.64 bits per heavy atom. The molecular weight excluding hydrogens is 606 g/mol. The number of nitriles is 1. The largest absolute Gasteiger partial charge is 0.373 e. The lowest BCUT2D eigenvalue weighted by molar-refractivity contribution is -0.240. The summed E-state index contributed by atoms with van der Waals surface area (Å²) in [4.78, 5) is 29.9. The van der Waals surface area contributed by atoms with Crippen molar-refractivity contribution in [2.75, 3.05) is 41.4 Å². The number of carbonyl (C=O) groups excluding carboxylic acids is 1. The van der Waals surface area contributed by atoms with E-state index in [-0.39, 0.29) is 42.6 Å². The highest BCUT2D eigenvalue weighted by Crippen LogP contribution is 2.28. The first kappa shape index (κ1) is 33.2. The van der Waals surface area contributed by atoms with E-state index < -0.39 is 12.7 Å². The molecule has 1 atom stereocenters. The van der Waals surface area contributed by atoms with Crippen molar-refractivity contribution < 1.29 is 18.3 Å². The van der Waals surface area contributed by atoms with E-state index in [1.165, 1.54) is 11.1 Å². The van der Waals surface area contributed by atoms with E-state index in [9.17, 15) is 18.8 Å². The van der Waals surface area contributed by atoms with Crippen LogP contribution in [0.15, 0.2) is 67.3 Å². The monoisotopic (exact) mass is 644 g/mol. The van der Waals surface area contributed by atoms with Gasteiger partial charge >= 0.3 is 12.1 Å². The first-order chi connectivity index (χ1) is 22.7. The number of morpholine rings is 1. The van der Waals surface area contributed by atoms with Crippen LogP contribution in [0, 0.1) is 11.3 Å². The SMILES string of the molecule is CCCC(CCCN(C(=O)NCc1ccccc1)c1ccc(-c2cnn(C)c2)cn1)Nc1ncc(C#N)c(N2CCOC(F)(F)C2)n1. The summed E-state index contributed by atoms with van der Waals surface area (Å²) >= 11 is 0. The maximum Gasteiger partial charge on any atom is 0.373 e. The molecule has 12 nitrogen and oxygen atoms in total. The average Bonchev–Trinajstić information content (AvgIpc) is 3.52. The fourth-order valence-electron chi connectivity index (χ4n) is 5.39. The first-order valence-electron chi connectivity index (χ1n) is 15.6. The number of anilines is 3. The van der Waals surface area contributed by atoms with Gasteiger partial charge in [-0.2, -0.15) is 24.1 Å². The fourth-order valence-corrected chi connectivity index (χ4v) is 5.39. The molecule has 47 heavy (non-hydrogen) atoms. The number of urea groups is 1. The lowest BCUT2D eigenvalue weighted by Crippen LogP contribution is -2.47. The minimum Gasteiger partial charge on any atom is -0.351 e. The molecule has 14 heteroatoms. The zero-order valence-corrected chi connectivity index (χ0v) is 26.4.